The number of aliphatic hydroxyl groups excluding tert-OH is 1. The Hall–Kier alpha value is -1.10. The quantitative estimate of drug-likeness (QED) is 0.191. The first-order valence-electron chi connectivity index (χ1n) is 10.7. The lowest BCUT2D eigenvalue weighted by molar-refractivity contribution is -0.157. The summed E-state index contributed by atoms with van der Waals surface area (Å²) in [5, 5.41) is 14.2. The Bertz CT molecular complexity index is 401. The van der Waals surface area contributed by atoms with Crippen LogP contribution in [0.3, 0.4) is 0 Å². The fourth-order valence-electron chi connectivity index (χ4n) is 3.99. The third-order valence-electron chi connectivity index (χ3n) is 5.62. The highest BCUT2D eigenvalue weighted by Crippen LogP contribution is 2.37. The third kappa shape index (κ3) is 8.52. The van der Waals surface area contributed by atoms with E-state index in [1.165, 1.54) is 57.8 Å². The molecular formula is C21H40N2O3. The molecule has 5 nitrogen and oxygen atoms in total. The molecule has 4 atom stereocenters. The van der Waals surface area contributed by atoms with Crippen molar-refractivity contribution in [1.29, 1.82) is 0 Å². The number of hydrogen-bond acceptors (Lipinski definition) is 5. The van der Waals surface area contributed by atoms with Gasteiger partial charge in [0.1, 0.15) is 0 Å². The summed E-state index contributed by atoms with van der Waals surface area (Å²) in [7, 11) is 1.77. The Labute approximate surface area is 160 Å². The molecule has 0 bridgehead atoms. The number of ether oxygens (including phenoxy) is 1. The molecule has 4 unspecified atom stereocenters. The Morgan fingerprint density at radius 2 is 1.69 bits per heavy atom. The van der Waals surface area contributed by atoms with Crippen molar-refractivity contribution < 1.29 is 14.6 Å². The summed E-state index contributed by atoms with van der Waals surface area (Å²) in [6.45, 7) is 4.12. The molecule has 1 rings (SSSR count). The molecule has 0 aromatic heterocycles. The van der Waals surface area contributed by atoms with Crippen LogP contribution in [0.1, 0.15) is 90.9 Å². The minimum Gasteiger partial charge on any atom is -0.435 e. The third-order valence-corrected chi connectivity index (χ3v) is 5.62. The van der Waals surface area contributed by atoms with E-state index in [0.29, 0.717) is 0 Å². The Kier molecular flexibility index (Phi) is 12.4. The van der Waals surface area contributed by atoms with E-state index in [4.69, 9.17) is 4.74 Å². The highest BCUT2D eigenvalue weighted by atomic mass is 16.6. The molecule has 0 radical (unpaired) electrons. The van der Waals surface area contributed by atoms with Crippen molar-refractivity contribution >= 4 is 12.2 Å². The van der Waals surface area contributed by atoms with Crippen molar-refractivity contribution in [3.05, 3.63) is 0 Å². The molecule has 1 aliphatic rings. The number of hydrazone groups is 1. The van der Waals surface area contributed by atoms with E-state index >= 15 is 0 Å². The second-order valence-electron chi connectivity index (χ2n) is 7.70. The van der Waals surface area contributed by atoms with Gasteiger partial charge in [-0.1, -0.05) is 78.1 Å². The molecule has 1 aliphatic heterocycles. The normalized spacial score (nSPS) is 24.2. The van der Waals surface area contributed by atoms with E-state index in [1.54, 1.807) is 7.05 Å². The Morgan fingerprint density at radius 1 is 1.12 bits per heavy atom. The van der Waals surface area contributed by atoms with Crippen molar-refractivity contribution in [1.82, 2.24) is 5.43 Å². The number of esters is 1. The molecule has 0 aromatic carbocycles. The predicted molar refractivity (Wildman–Crippen MR) is 107 cm³/mol. The number of nitrogens with zero attached hydrogens (tertiary/aromatic N) is 1. The minimum absolute atomic E-state index is 0.121. The summed E-state index contributed by atoms with van der Waals surface area (Å²) in [4.78, 5) is 11.7. The first kappa shape index (κ1) is 22.9. The lowest BCUT2D eigenvalue weighted by Crippen LogP contribution is -2.28. The standard InChI is InChI=1S/C21H40N2O3/c1-4-5-6-7-8-9-10-11-12-13-14-18(15-16-23-22-3)19-17(2)20(24)26-21(19)25/h16-19,21-22,25H,4-15H2,1-3H3/b23-16+. The molecule has 26 heavy (non-hydrogen) atoms. The molecule has 2 N–H and O–H groups in total. The lowest BCUT2D eigenvalue weighted by Gasteiger charge is -2.25. The van der Waals surface area contributed by atoms with Crippen LogP contribution >= 0.6 is 0 Å². The van der Waals surface area contributed by atoms with Crippen LogP contribution in [0.5, 0.6) is 0 Å². The Balaban J connectivity index is 2.27. The van der Waals surface area contributed by atoms with Crippen LogP contribution in [0.25, 0.3) is 0 Å². The van der Waals surface area contributed by atoms with Gasteiger partial charge in [-0.2, -0.15) is 5.10 Å². The van der Waals surface area contributed by atoms with E-state index in [9.17, 15) is 9.90 Å². The van der Waals surface area contributed by atoms with Gasteiger partial charge in [0.15, 0.2) is 0 Å². The summed E-state index contributed by atoms with van der Waals surface area (Å²) < 4.78 is 5.03. The molecule has 0 spiro atoms. The summed E-state index contributed by atoms with van der Waals surface area (Å²) >= 11 is 0. The molecule has 1 heterocycles. The lowest BCUT2D eigenvalue weighted by atomic mass is 9.79. The van der Waals surface area contributed by atoms with Crippen LogP contribution in [-0.2, 0) is 9.53 Å². The molecule has 1 fully saturated rings. The van der Waals surface area contributed by atoms with Crippen LogP contribution < -0.4 is 5.43 Å². The second-order valence-corrected chi connectivity index (χ2v) is 7.70. The Morgan fingerprint density at radius 3 is 2.19 bits per heavy atom. The molecule has 0 aromatic rings. The summed E-state index contributed by atoms with van der Waals surface area (Å²) in [5.41, 5.74) is 2.76. The van der Waals surface area contributed by atoms with Gasteiger partial charge < -0.3 is 15.3 Å². The van der Waals surface area contributed by atoms with Gasteiger partial charge in [-0.25, -0.2) is 0 Å². The zero-order valence-corrected chi connectivity index (χ0v) is 17.1. The first-order valence-corrected chi connectivity index (χ1v) is 10.7. The van der Waals surface area contributed by atoms with Crippen molar-refractivity contribution in [3.63, 3.8) is 0 Å². The number of cyclic esters (lactones) is 1. The largest absolute Gasteiger partial charge is 0.435 e. The number of nitrogens with one attached hydrogen (secondary N) is 1. The van der Waals surface area contributed by atoms with Crippen molar-refractivity contribution in [3.8, 4) is 0 Å². The molecule has 1 saturated heterocycles. The molecule has 5 heteroatoms. The number of carbonyl (C=O) groups is 1. The molecule has 0 amide bonds. The smallest absolute Gasteiger partial charge is 0.311 e. The van der Waals surface area contributed by atoms with Gasteiger partial charge in [-0.3, -0.25) is 4.79 Å². The van der Waals surface area contributed by atoms with Crippen LogP contribution in [0.2, 0.25) is 0 Å². The SMILES string of the molecule is CCCCCCCCCCCCC(C/C=N/NC)C1C(O)OC(=O)C1C. The van der Waals surface area contributed by atoms with Crippen molar-refractivity contribution in [2.24, 2.45) is 22.9 Å². The summed E-state index contributed by atoms with van der Waals surface area (Å²) in [6, 6.07) is 0. The minimum atomic E-state index is -0.964. The number of aliphatic hydroxyl groups is 1. The first-order chi connectivity index (χ1) is 12.6. The van der Waals surface area contributed by atoms with Gasteiger partial charge in [-0.15, -0.1) is 0 Å². The van der Waals surface area contributed by atoms with Crippen molar-refractivity contribution in [2.45, 2.75) is 97.2 Å². The molecule has 0 saturated carbocycles. The highest BCUT2D eigenvalue weighted by Gasteiger charge is 2.44. The number of carbonyl (C=O) groups excluding carboxylic acids is 1. The summed E-state index contributed by atoms with van der Waals surface area (Å²) in [5.74, 6) is -0.399. The van der Waals surface area contributed by atoms with Gasteiger partial charge in [0, 0.05) is 19.2 Å². The zero-order valence-electron chi connectivity index (χ0n) is 17.1. The van der Waals surface area contributed by atoms with Gasteiger partial charge >= 0.3 is 5.97 Å². The van der Waals surface area contributed by atoms with E-state index in [1.807, 2.05) is 13.1 Å². The highest BCUT2D eigenvalue weighted by molar-refractivity contribution is 5.74. The maximum absolute atomic E-state index is 11.7. The van der Waals surface area contributed by atoms with E-state index in [-0.39, 0.29) is 23.7 Å². The second kappa shape index (κ2) is 14.0. The average Bonchev–Trinajstić information content (AvgIpc) is 2.87. The molecule has 0 aliphatic carbocycles. The van der Waals surface area contributed by atoms with Crippen LogP contribution in [0, 0.1) is 17.8 Å². The average molecular weight is 369 g/mol. The maximum atomic E-state index is 11.7. The van der Waals surface area contributed by atoms with Crippen LogP contribution in [0.4, 0.5) is 0 Å². The van der Waals surface area contributed by atoms with Crippen LogP contribution in [-0.4, -0.2) is 30.6 Å². The fourth-order valence-corrected chi connectivity index (χ4v) is 3.99. The van der Waals surface area contributed by atoms with Gasteiger partial charge in [0.25, 0.3) is 0 Å². The summed E-state index contributed by atoms with van der Waals surface area (Å²) in [6.07, 6.45) is 15.8. The number of unbranched alkanes of at least 4 members (excludes halogenated alkanes) is 9. The van der Waals surface area contributed by atoms with E-state index in [0.717, 1.165) is 19.3 Å². The monoisotopic (exact) mass is 368 g/mol. The predicted octanol–water partition coefficient (Wildman–Crippen LogP) is 4.64. The topological polar surface area (TPSA) is 70.9 Å². The van der Waals surface area contributed by atoms with Gasteiger partial charge in [0.2, 0.25) is 6.29 Å². The number of hydrogen-bond donors (Lipinski definition) is 2. The van der Waals surface area contributed by atoms with E-state index in [2.05, 4.69) is 17.5 Å². The molecule has 152 valence electrons. The fraction of sp³-hybridized carbons (Fsp3) is 0.905. The number of rotatable bonds is 15. The van der Waals surface area contributed by atoms with Gasteiger partial charge in [-0.05, 0) is 18.8 Å². The van der Waals surface area contributed by atoms with E-state index < -0.39 is 6.29 Å². The van der Waals surface area contributed by atoms with Gasteiger partial charge in [0.05, 0.1) is 5.92 Å². The maximum Gasteiger partial charge on any atom is 0.311 e. The zero-order chi connectivity index (χ0) is 19.2. The van der Waals surface area contributed by atoms with Crippen molar-refractivity contribution in [2.75, 3.05) is 7.05 Å². The molecular weight excluding hydrogens is 328 g/mol. The van der Waals surface area contributed by atoms with Crippen LogP contribution in [0.15, 0.2) is 5.10 Å².